The maximum absolute atomic E-state index is 14.6. The number of rotatable bonds is 3. The van der Waals surface area contributed by atoms with Gasteiger partial charge in [0.15, 0.2) is 0 Å². The molecule has 25 heavy (non-hydrogen) atoms. The number of piperidine rings is 1. The van der Waals surface area contributed by atoms with Crippen molar-refractivity contribution < 1.29 is 9.18 Å². The Labute approximate surface area is 144 Å². The SMILES string of the molecule is NC(=O)c1cccc2cn(-c3ccc([C@H]4CCCNC4)c(F)c3)nc12. The van der Waals surface area contributed by atoms with E-state index in [1.807, 2.05) is 18.2 Å². The first kappa shape index (κ1) is 15.8. The standard InChI is InChI=1S/C19H19FN4O/c20-17-9-14(6-7-15(17)12-4-2-8-22-10-12)24-11-13-3-1-5-16(19(21)25)18(13)23-24/h1,3,5-7,9,11-12,22H,2,4,8,10H2,(H2,21,25)/t12-/m0/s1. The molecular formula is C19H19FN4O. The summed E-state index contributed by atoms with van der Waals surface area (Å²) in [7, 11) is 0. The molecule has 1 aromatic heterocycles. The number of nitrogens with two attached hydrogens (primary N) is 1. The molecule has 2 aromatic carbocycles. The fourth-order valence-electron chi connectivity index (χ4n) is 3.48. The van der Waals surface area contributed by atoms with Crippen LogP contribution in [0, 0.1) is 5.82 Å². The first-order valence-electron chi connectivity index (χ1n) is 8.42. The number of fused-ring (bicyclic) bond motifs is 1. The summed E-state index contributed by atoms with van der Waals surface area (Å²) in [6, 6.07) is 10.5. The number of benzene rings is 2. The molecule has 5 nitrogen and oxygen atoms in total. The van der Waals surface area contributed by atoms with E-state index in [4.69, 9.17) is 5.73 Å². The summed E-state index contributed by atoms with van der Waals surface area (Å²) < 4.78 is 16.2. The zero-order chi connectivity index (χ0) is 17.4. The van der Waals surface area contributed by atoms with Crippen LogP contribution in [0.15, 0.2) is 42.6 Å². The van der Waals surface area contributed by atoms with Crippen LogP contribution < -0.4 is 11.1 Å². The predicted octanol–water partition coefficient (Wildman–Crippen LogP) is 2.73. The topological polar surface area (TPSA) is 72.9 Å². The van der Waals surface area contributed by atoms with Gasteiger partial charge in [-0.2, -0.15) is 5.10 Å². The Morgan fingerprint density at radius 2 is 2.20 bits per heavy atom. The Kier molecular flexibility index (Phi) is 3.97. The third-order valence-corrected chi connectivity index (χ3v) is 4.79. The van der Waals surface area contributed by atoms with Crippen LogP contribution in [-0.2, 0) is 0 Å². The van der Waals surface area contributed by atoms with Crippen LogP contribution in [0.1, 0.15) is 34.7 Å². The van der Waals surface area contributed by atoms with Crippen molar-refractivity contribution in [1.29, 1.82) is 0 Å². The lowest BCUT2D eigenvalue weighted by Gasteiger charge is -2.23. The maximum Gasteiger partial charge on any atom is 0.250 e. The van der Waals surface area contributed by atoms with Gasteiger partial charge in [-0.15, -0.1) is 0 Å². The molecule has 1 saturated heterocycles. The fourth-order valence-corrected chi connectivity index (χ4v) is 3.48. The van der Waals surface area contributed by atoms with Crippen LogP contribution in [-0.4, -0.2) is 28.8 Å². The number of nitrogens with zero attached hydrogens (tertiary/aromatic N) is 2. The second kappa shape index (κ2) is 6.29. The van der Waals surface area contributed by atoms with Gasteiger partial charge in [-0.05, 0) is 49.1 Å². The maximum atomic E-state index is 14.6. The van der Waals surface area contributed by atoms with Crippen LogP contribution >= 0.6 is 0 Å². The summed E-state index contributed by atoms with van der Waals surface area (Å²) >= 11 is 0. The lowest BCUT2D eigenvalue weighted by molar-refractivity contribution is 0.100. The molecule has 3 N–H and O–H groups in total. The third kappa shape index (κ3) is 2.89. The van der Waals surface area contributed by atoms with Crippen molar-refractivity contribution in [1.82, 2.24) is 15.1 Å². The second-order valence-electron chi connectivity index (χ2n) is 6.43. The quantitative estimate of drug-likeness (QED) is 0.771. The van der Waals surface area contributed by atoms with E-state index < -0.39 is 5.91 Å². The molecule has 1 aliphatic rings. The molecule has 0 spiro atoms. The van der Waals surface area contributed by atoms with Crippen molar-refractivity contribution in [2.24, 2.45) is 5.73 Å². The van der Waals surface area contributed by atoms with E-state index in [1.54, 1.807) is 23.0 Å². The number of primary amides is 1. The fraction of sp³-hybridized carbons (Fsp3) is 0.263. The largest absolute Gasteiger partial charge is 0.366 e. The number of halogens is 1. The third-order valence-electron chi connectivity index (χ3n) is 4.79. The Morgan fingerprint density at radius 1 is 1.32 bits per heavy atom. The average molecular weight is 338 g/mol. The molecule has 6 heteroatoms. The Balaban J connectivity index is 1.72. The molecule has 1 amide bonds. The van der Waals surface area contributed by atoms with Gasteiger partial charge in [-0.3, -0.25) is 4.79 Å². The number of amides is 1. The number of carbonyl (C=O) groups is 1. The summed E-state index contributed by atoms with van der Waals surface area (Å²) in [5.74, 6) is -0.538. The monoisotopic (exact) mass is 338 g/mol. The van der Waals surface area contributed by atoms with Gasteiger partial charge in [0.2, 0.25) is 0 Å². The molecule has 0 aliphatic carbocycles. The lowest BCUT2D eigenvalue weighted by atomic mass is 9.91. The van der Waals surface area contributed by atoms with Crippen molar-refractivity contribution in [3.05, 3.63) is 59.5 Å². The van der Waals surface area contributed by atoms with E-state index in [2.05, 4.69) is 10.4 Å². The molecule has 2 heterocycles. The molecule has 1 atom stereocenters. The highest BCUT2D eigenvalue weighted by Crippen LogP contribution is 2.27. The normalized spacial score (nSPS) is 17.7. The molecule has 1 fully saturated rings. The summed E-state index contributed by atoms with van der Waals surface area (Å²) in [6.07, 6.45) is 3.83. The van der Waals surface area contributed by atoms with E-state index in [0.29, 0.717) is 16.8 Å². The van der Waals surface area contributed by atoms with Gasteiger partial charge in [0.05, 0.1) is 11.3 Å². The Hall–Kier alpha value is -2.73. The number of hydrogen-bond acceptors (Lipinski definition) is 3. The number of nitrogens with one attached hydrogen (secondary N) is 1. The van der Waals surface area contributed by atoms with Crippen LogP contribution in [0.4, 0.5) is 4.39 Å². The van der Waals surface area contributed by atoms with Crippen LogP contribution in [0.5, 0.6) is 0 Å². The van der Waals surface area contributed by atoms with Gasteiger partial charge in [-0.1, -0.05) is 18.2 Å². The van der Waals surface area contributed by atoms with E-state index >= 15 is 0 Å². The Morgan fingerprint density at radius 3 is 2.92 bits per heavy atom. The highest BCUT2D eigenvalue weighted by molar-refractivity contribution is 6.04. The minimum absolute atomic E-state index is 0.209. The van der Waals surface area contributed by atoms with Gasteiger partial charge in [0.1, 0.15) is 11.3 Å². The van der Waals surface area contributed by atoms with Crippen LogP contribution in [0.2, 0.25) is 0 Å². The molecule has 0 bridgehead atoms. The summed E-state index contributed by atoms with van der Waals surface area (Å²) in [5, 5.41) is 8.53. The Bertz CT molecular complexity index is 944. The lowest BCUT2D eigenvalue weighted by Crippen LogP contribution is -2.28. The summed E-state index contributed by atoms with van der Waals surface area (Å²) in [4.78, 5) is 11.5. The molecule has 0 saturated carbocycles. The first-order chi connectivity index (χ1) is 12.1. The first-order valence-corrected chi connectivity index (χ1v) is 8.42. The molecule has 0 radical (unpaired) electrons. The minimum Gasteiger partial charge on any atom is -0.366 e. The van der Waals surface area contributed by atoms with Gasteiger partial charge in [0, 0.05) is 18.1 Å². The number of carbonyl (C=O) groups excluding carboxylic acids is 1. The van der Waals surface area contributed by atoms with Crippen LogP contribution in [0.3, 0.4) is 0 Å². The van der Waals surface area contributed by atoms with Gasteiger partial charge in [-0.25, -0.2) is 9.07 Å². The van der Waals surface area contributed by atoms with E-state index in [-0.39, 0.29) is 11.7 Å². The van der Waals surface area contributed by atoms with Gasteiger partial charge >= 0.3 is 0 Å². The second-order valence-corrected chi connectivity index (χ2v) is 6.43. The van der Waals surface area contributed by atoms with E-state index in [1.165, 1.54) is 6.07 Å². The molecule has 0 unspecified atom stereocenters. The molecule has 3 aromatic rings. The zero-order valence-electron chi connectivity index (χ0n) is 13.7. The predicted molar refractivity (Wildman–Crippen MR) is 94.4 cm³/mol. The van der Waals surface area contributed by atoms with Crippen molar-refractivity contribution in [3.63, 3.8) is 0 Å². The minimum atomic E-state index is -0.526. The van der Waals surface area contributed by atoms with E-state index in [9.17, 15) is 9.18 Å². The summed E-state index contributed by atoms with van der Waals surface area (Å²) in [5.41, 5.74) is 7.65. The smallest absolute Gasteiger partial charge is 0.250 e. The molecule has 1 aliphatic heterocycles. The van der Waals surface area contributed by atoms with Gasteiger partial charge < -0.3 is 11.1 Å². The van der Waals surface area contributed by atoms with Crippen molar-refractivity contribution >= 4 is 16.8 Å². The zero-order valence-corrected chi connectivity index (χ0v) is 13.7. The highest BCUT2D eigenvalue weighted by atomic mass is 19.1. The van der Waals surface area contributed by atoms with Crippen molar-refractivity contribution in [3.8, 4) is 5.69 Å². The number of aromatic nitrogens is 2. The molecular weight excluding hydrogens is 319 g/mol. The van der Waals surface area contributed by atoms with Crippen molar-refractivity contribution in [2.45, 2.75) is 18.8 Å². The molecule has 4 rings (SSSR count). The van der Waals surface area contributed by atoms with Gasteiger partial charge in [0.25, 0.3) is 5.91 Å². The van der Waals surface area contributed by atoms with E-state index in [0.717, 1.165) is 36.9 Å². The van der Waals surface area contributed by atoms with Crippen LogP contribution in [0.25, 0.3) is 16.6 Å². The molecule has 128 valence electrons. The number of hydrogen-bond donors (Lipinski definition) is 2. The highest BCUT2D eigenvalue weighted by Gasteiger charge is 2.19. The van der Waals surface area contributed by atoms with Crippen molar-refractivity contribution in [2.75, 3.05) is 13.1 Å². The summed E-state index contributed by atoms with van der Waals surface area (Å²) in [6.45, 7) is 1.81. The average Bonchev–Trinajstić information content (AvgIpc) is 3.06.